The number of hydrogen-bond donors (Lipinski definition) is 3. The first-order chi connectivity index (χ1) is 9.70. The molecule has 0 aliphatic heterocycles. The number of thiocarbonyl (C=S) groups is 1. The lowest BCUT2D eigenvalue weighted by atomic mass is 10.3. The van der Waals surface area contributed by atoms with Gasteiger partial charge in [0.15, 0.2) is 5.11 Å². The van der Waals surface area contributed by atoms with Gasteiger partial charge in [-0.3, -0.25) is 5.43 Å². The van der Waals surface area contributed by atoms with Gasteiger partial charge in [-0.15, -0.1) is 0 Å². The molecule has 0 atom stereocenters. The van der Waals surface area contributed by atoms with Crippen LogP contribution in [0.25, 0.3) is 0 Å². The predicted octanol–water partition coefficient (Wildman–Crippen LogP) is 2.73. The van der Waals surface area contributed by atoms with E-state index >= 15 is 0 Å². The van der Waals surface area contributed by atoms with Crippen LogP contribution in [0.5, 0.6) is 5.75 Å². The number of rotatable bonds is 4. The van der Waals surface area contributed by atoms with E-state index in [1.54, 1.807) is 7.11 Å². The molecule has 0 aliphatic carbocycles. The molecule has 2 rings (SSSR count). The van der Waals surface area contributed by atoms with Crippen molar-refractivity contribution >= 4 is 28.7 Å². The minimum atomic E-state index is 0.403. The Bertz CT molecular complexity index is 607. The number of H-pyrrole nitrogens is 1. The molecule has 0 radical (unpaired) electrons. The largest absolute Gasteiger partial charge is 0.495 e. The highest BCUT2D eigenvalue weighted by Gasteiger charge is 2.03. The van der Waals surface area contributed by atoms with Gasteiger partial charge in [0.1, 0.15) is 5.75 Å². The highest BCUT2D eigenvalue weighted by molar-refractivity contribution is 7.80. The summed E-state index contributed by atoms with van der Waals surface area (Å²) in [7, 11) is 1.62. The average Bonchev–Trinajstić information content (AvgIpc) is 2.99. The van der Waals surface area contributed by atoms with Gasteiger partial charge >= 0.3 is 0 Å². The van der Waals surface area contributed by atoms with Crippen LogP contribution < -0.4 is 15.5 Å². The topological polar surface area (TPSA) is 61.4 Å². The van der Waals surface area contributed by atoms with Crippen LogP contribution in [0.15, 0.2) is 47.7 Å². The molecule has 0 unspecified atom stereocenters. The number of hydrogen-bond acceptors (Lipinski definition) is 3. The van der Waals surface area contributed by atoms with Crippen molar-refractivity contribution in [3.8, 4) is 5.75 Å². The fraction of sp³-hybridized carbons (Fsp3) is 0.143. The number of ether oxygens (including phenoxy) is 1. The number of nitrogens with one attached hydrogen (secondary N) is 3. The molecule has 0 amide bonds. The van der Waals surface area contributed by atoms with E-state index in [4.69, 9.17) is 17.0 Å². The second-order valence-corrected chi connectivity index (χ2v) is 4.46. The monoisotopic (exact) mass is 288 g/mol. The summed E-state index contributed by atoms with van der Waals surface area (Å²) < 4.78 is 5.24. The third-order valence-corrected chi connectivity index (χ3v) is 2.86. The van der Waals surface area contributed by atoms with E-state index in [1.165, 1.54) is 0 Å². The van der Waals surface area contributed by atoms with E-state index in [0.29, 0.717) is 5.11 Å². The Morgan fingerprint density at radius 3 is 2.75 bits per heavy atom. The Morgan fingerprint density at radius 1 is 1.25 bits per heavy atom. The third-order valence-electron chi connectivity index (χ3n) is 2.67. The maximum Gasteiger partial charge on any atom is 0.191 e. The Hall–Kier alpha value is -2.34. The summed E-state index contributed by atoms with van der Waals surface area (Å²) in [6.07, 6.45) is 1.85. The summed E-state index contributed by atoms with van der Waals surface area (Å²) >= 11 is 5.20. The third kappa shape index (κ3) is 3.58. The molecule has 6 heteroatoms. The zero-order valence-electron chi connectivity index (χ0n) is 11.3. The molecule has 2 aromatic rings. The number of hydrazone groups is 1. The molecule has 0 bridgehead atoms. The fourth-order valence-corrected chi connectivity index (χ4v) is 1.80. The van der Waals surface area contributed by atoms with Gasteiger partial charge in [-0.2, -0.15) is 5.10 Å². The van der Waals surface area contributed by atoms with Crippen molar-refractivity contribution in [2.45, 2.75) is 6.92 Å². The molecule has 5 nitrogen and oxygen atoms in total. The molecule has 0 saturated heterocycles. The molecule has 0 spiro atoms. The van der Waals surface area contributed by atoms with Crippen molar-refractivity contribution in [3.63, 3.8) is 0 Å². The van der Waals surface area contributed by atoms with Crippen molar-refractivity contribution in [1.29, 1.82) is 0 Å². The van der Waals surface area contributed by atoms with Gasteiger partial charge in [-0.05, 0) is 43.4 Å². The highest BCUT2D eigenvalue weighted by Crippen LogP contribution is 2.22. The molecular formula is C14H16N4OS. The number of aromatic nitrogens is 1. The molecule has 0 saturated carbocycles. The maximum atomic E-state index is 5.24. The predicted molar refractivity (Wildman–Crippen MR) is 85.4 cm³/mol. The van der Waals surface area contributed by atoms with Gasteiger partial charge < -0.3 is 15.0 Å². The minimum absolute atomic E-state index is 0.403. The van der Waals surface area contributed by atoms with Crippen LogP contribution in [0.3, 0.4) is 0 Å². The van der Waals surface area contributed by atoms with Crippen molar-refractivity contribution < 1.29 is 4.74 Å². The second-order valence-electron chi connectivity index (χ2n) is 4.05. The van der Waals surface area contributed by atoms with Gasteiger partial charge in [-0.25, -0.2) is 0 Å². The molecule has 20 heavy (non-hydrogen) atoms. The molecule has 0 aliphatic rings. The maximum absolute atomic E-state index is 5.24. The van der Waals surface area contributed by atoms with Gasteiger partial charge in [0.05, 0.1) is 24.2 Å². The van der Waals surface area contributed by atoms with Gasteiger partial charge in [0.2, 0.25) is 0 Å². The summed E-state index contributed by atoms with van der Waals surface area (Å²) in [6.45, 7) is 1.89. The number of benzene rings is 1. The summed E-state index contributed by atoms with van der Waals surface area (Å²) in [5, 5.41) is 7.65. The second kappa shape index (κ2) is 6.72. The minimum Gasteiger partial charge on any atom is -0.495 e. The zero-order valence-corrected chi connectivity index (χ0v) is 12.1. The number of nitrogens with zero attached hydrogens (tertiary/aromatic N) is 1. The van der Waals surface area contributed by atoms with Crippen LogP contribution in [0.1, 0.15) is 12.6 Å². The molecule has 1 aromatic carbocycles. The van der Waals surface area contributed by atoms with Crippen LogP contribution in [0, 0.1) is 0 Å². The first-order valence-electron chi connectivity index (χ1n) is 6.09. The fourth-order valence-electron chi connectivity index (χ4n) is 1.65. The molecule has 1 aromatic heterocycles. The molecule has 104 valence electrons. The lowest BCUT2D eigenvalue weighted by Gasteiger charge is -2.11. The zero-order chi connectivity index (χ0) is 14.4. The average molecular weight is 288 g/mol. The van der Waals surface area contributed by atoms with Crippen molar-refractivity contribution in [3.05, 3.63) is 48.3 Å². The summed E-state index contributed by atoms with van der Waals surface area (Å²) in [5.74, 6) is 0.724. The number of anilines is 1. The van der Waals surface area contributed by atoms with Crippen LogP contribution in [0.2, 0.25) is 0 Å². The van der Waals surface area contributed by atoms with E-state index < -0.39 is 0 Å². The normalized spacial score (nSPS) is 11.0. The summed E-state index contributed by atoms with van der Waals surface area (Å²) in [6, 6.07) is 11.4. The van der Waals surface area contributed by atoms with Gasteiger partial charge in [0, 0.05) is 6.20 Å². The highest BCUT2D eigenvalue weighted by atomic mass is 32.1. The standard InChI is InChI=1S/C14H16N4OS/c1-10(11-7-5-9-15-11)17-18-14(20)16-12-6-3-4-8-13(12)19-2/h3-9,15H,1-2H3,(H2,16,18,20). The molecule has 1 heterocycles. The van der Waals surface area contributed by atoms with Crippen LogP contribution in [-0.4, -0.2) is 22.9 Å². The van der Waals surface area contributed by atoms with Crippen LogP contribution >= 0.6 is 12.2 Å². The first-order valence-corrected chi connectivity index (χ1v) is 6.49. The first kappa shape index (κ1) is 14.1. The SMILES string of the molecule is COc1ccccc1NC(=S)NN=C(C)c1ccc[nH]1. The van der Waals surface area contributed by atoms with Crippen molar-refractivity contribution in [1.82, 2.24) is 10.4 Å². The summed E-state index contributed by atoms with van der Waals surface area (Å²) in [4.78, 5) is 3.07. The number of para-hydroxylation sites is 2. The quantitative estimate of drug-likeness (QED) is 0.460. The van der Waals surface area contributed by atoms with E-state index in [9.17, 15) is 0 Å². The van der Waals surface area contributed by atoms with E-state index in [0.717, 1.165) is 22.8 Å². The number of aromatic amines is 1. The molecule has 3 N–H and O–H groups in total. The number of methoxy groups -OCH3 is 1. The Morgan fingerprint density at radius 2 is 2.05 bits per heavy atom. The van der Waals surface area contributed by atoms with Crippen molar-refractivity contribution in [2.24, 2.45) is 5.10 Å². The van der Waals surface area contributed by atoms with Gasteiger partial charge in [0.25, 0.3) is 0 Å². The Kier molecular flexibility index (Phi) is 4.73. The van der Waals surface area contributed by atoms with Crippen molar-refractivity contribution in [2.75, 3.05) is 12.4 Å². The lowest BCUT2D eigenvalue weighted by Crippen LogP contribution is -2.25. The van der Waals surface area contributed by atoms with Crippen LogP contribution in [0.4, 0.5) is 5.69 Å². The Labute approximate surface area is 123 Å². The molecule has 0 fully saturated rings. The van der Waals surface area contributed by atoms with E-state index in [-0.39, 0.29) is 0 Å². The Balaban J connectivity index is 1.98. The van der Waals surface area contributed by atoms with E-state index in [1.807, 2.05) is 49.5 Å². The van der Waals surface area contributed by atoms with Gasteiger partial charge in [-0.1, -0.05) is 12.1 Å². The smallest absolute Gasteiger partial charge is 0.191 e. The van der Waals surface area contributed by atoms with Crippen LogP contribution in [-0.2, 0) is 0 Å². The summed E-state index contributed by atoms with van der Waals surface area (Å²) in [5.41, 5.74) is 5.36. The molecular weight excluding hydrogens is 272 g/mol. The van der Waals surface area contributed by atoms with E-state index in [2.05, 4.69) is 20.8 Å². The lowest BCUT2D eigenvalue weighted by molar-refractivity contribution is 0.417.